The Kier molecular flexibility index (Phi) is 2.90. The predicted molar refractivity (Wildman–Crippen MR) is 52.8 cm³/mol. The number of anilines is 1. The van der Waals surface area contributed by atoms with Crippen molar-refractivity contribution in [2.75, 3.05) is 11.7 Å². The van der Waals surface area contributed by atoms with Crippen LogP contribution in [0.4, 0.5) is 5.69 Å². The molecule has 0 radical (unpaired) electrons. The van der Waals surface area contributed by atoms with Crippen LogP contribution < -0.4 is 10.3 Å². The fourth-order valence-corrected chi connectivity index (χ4v) is 1.09. The van der Waals surface area contributed by atoms with Crippen LogP contribution in [0, 0.1) is 6.92 Å². The number of nitrogens with one attached hydrogen (secondary N) is 2. The maximum Gasteiger partial charge on any atom is 0.225 e. The van der Waals surface area contributed by atoms with Crippen LogP contribution in [-0.2, 0) is 10.0 Å². The normalized spacial score (nSPS) is 11.2. The lowest BCUT2D eigenvalue weighted by atomic mass is 10.2. The molecule has 0 spiro atoms. The van der Waals surface area contributed by atoms with Crippen molar-refractivity contribution in [1.29, 1.82) is 0 Å². The monoisotopic (exact) mass is 200 g/mol. The SMILES string of the molecule is Cc1ccc(NNS(C)(=O)=O)cc1. The minimum absolute atomic E-state index is 0.719. The van der Waals surface area contributed by atoms with Gasteiger partial charge in [0, 0.05) is 5.69 Å². The van der Waals surface area contributed by atoms with Crippen molar-refractivity contribution in [3.8, 4) is 0 Å². The van der Waals surface area contributed by atoms with Gasteiger partial charge in [0.1, 0.15) is 0 Å². The molecular formula is C8H12N2O2S. The second-order valence-corrected chi connectivity index (χ2v) is 4.61. The summed E-state index contributed by atoms with van der Waals surface area (Å²) in [5.74, 6) is 0. The lowest BCUT2D eigenvalue weighted by Gasteiger charge is -2.05. The molecule has 4 nitrogen and oxygen atoms in total. The van der Waals surface area contributed by atoms with Crippen LogP contribution in [0.1, 0.15) is 5.56 Å². The van der Waals surface area contributed by atoms with E-state index in [1.165, 1.54) is 0 Å². The van der Waals surface area contributed by atoms with E-state index >= 15 is 0 Å². The largest absolute Gasteiger partial charge is 0.308 e. The van der Waals surface area contributed by atoms with Crippen LogP contribution in [0.25, 0.3) is 0 Å². The Bertz CT molecular complexity index is 370. The average Bonchev–Trinajstić information content (AvgIpc) is 2.02. The molecule has 5 heteroatoms. The molecule has 0 aliphatic rings. The van der Waals surface area contributed by atoms with Gasteiger partial charge in [-0.05, 0) is 19.1 Å². The standard InChI is InChI=1S/C8H12N2O2S/c1-7-3-5-8(6-4-7)9-10-13(2,11)12/h3-6,9-10H,1-2H3. The molecular weight excluding hydrogens is 188 g/mol. The zero-order valence-corrected chi connectivity index (χ0v) is 8.35. The van der Waals surface area contributed by atoms with Gasteiger partial charge in [-0.15, -0.1) is 4.83 Å². The van der Waals surface area contributed by atoms with Crippen LogP contribution in [0.5, 0.6) is 0 Å². The molecule has 0 aromatic heterocycles. The third kappa shape index (κ3) is 3.91. The summed E-state index contributed by atoms with van der Waals surface area (Å²) in [6.07, 6.45) is 1.09. The molecule has 0 amide bonds. The van der Waals surface area contributed by atoms with Gasteiger partial charge in [0.05, 0.1) is 6.26 Å². The Labute approximate surface area is 78.0 Å². The number of hydrogen-bond donors (Lipinski definition) is 2. The van der Waals surface area contributed by atoms with Gasteiger partial charge < -0.3 is 5.43 Å². The van der Waals surface area contributed by atoms with Crippen LogP contribution >= 0.6 is 0 Å². The molecule has 1 rings (SSSR count). The highest BCUT2D eigenvalue weighted by molar-refractivity contribution is 7.88. The number of hydrogen-bond acceptors (Lipinski definition) is 3. The van der Waals surface area contributed by atoms with Crippen molar-refractivity contribution in [3.05, 3.63) is 29.8 Å². The first-order chi connectivity index (χ1) is 5.97. The average molecular weight is 200 g/mol. The van der Waals surface area contributed by atoms with Crippen LogP contribution in [0.15, 0.2) is 24.3 Å². The minimum Gasteiger partial charge on any atom is -0.308 e. The van der Waals surface area contributed by atoms with E-state index in [2.05, 4.69) is 10.3 Å². The Morgan fingerprint density at radius 3 is 2.15 bits per heavy atom. The summed E-state index contributed by atoms with van der Waals surface area (Å²) in [4.78, 5) is 2.18. The summed E-state index contributed by atoms with van der Waals surface area (Å²) >= 11 is 0. The molecule has 0 unspecified atom stereocenters. The van der Waals surface area contributed by atoms with E-state index < -0.39 is 10.0 Å². The Morgan fingerprint density at radius 2 is 1.69 bits per heavy atom. The van der Waals surface area contributed by atoms with Gasteiger partial charge in [-0.1, -0.05) is 17.7 Å². The molecule has 0 atom stereocenters. The zero-order chi connectivity index (χ0) is 9.90. The molecule has 1 aromatic carbocycles. The van der Waals surface area contributed by atoms with Gasteiger partial charge in [-0.3, -0.25) is 0 Å². The minimum atomic E-state index is -3.19. The highest BCUT2D eigenvalue weighted by Crippen LogP contribution is 2.06. The second kappa shape index (κ2) is 3.76. The van der Waals surface area contributed by atoms with E-state index in [1.807, 2.05) is 19.1 Å². The van der Waals surface area contributed by atoms with Crippen molar-refractivity contribution < 1.29 is 8.42 Å². The van der Waals surface area contributed by atoms with Gasteiger partial charge in [0.2, 0.25) is 10.0 Å². The first kappa shape index (κ1) is 10.0. The number of hydrazine groups is 1. The third-order valence-corrected chi connectivity index (χ3v) is 1.91. The van der Waals surface area contributed by atoms with Crippen LogP contribution in [0.2, 0.25) is 0 Å². The summed E-state index contributed by atoms with van der Waals surface area (Å²) in [6.45, 7) is 1.97. The maximum absolute atomic E-state index is 10.7. The Hall–Kier alpha value is -1.07. The topological polar surface area (TPSA) is 58.2 Å². The molecule has 2 N–H and O–H groups in total. The van der Waals surface area contributed by atoms with E-state index in [-0.39, 0.29) is 0 Å². The van der Waals surface area contributed by atoms with Gasteiger partial charge >= 0.3 is 0 Å². The predicted octanol–water partition coefficient (Wildman–Crippen LogP) is 0.871. The van der Waals surface area contributed by atoms with E-state index in [0.29, 0.717) is 0 Å². The first-order valence-electron chi connectivity index (χ1n) is 3.77. The number of sulfonamides is 1. The summed E-state index contributed by atoms with van der Waals surface area (Å²) in [5.41, 5.74) is 4.42. The zero-order valence-electron chi connectivity index (χ0n) is 7.53. The van der Waals surface area contributed by atoms with Crippen molar-refractivity contribution in [3.63, 3.8) is 0 Å². The quantitative estimate of drug-likeness (QED) is 0.712. The van der Waals surface area contributed by atoms with Crippen molar-refractivity contribution in [2.45, 2.75) is 6.92 Å². The van der Waals surface area contributed by atoms with E-state index in [0.717, 1.165) is 17.5 Å². The third-order valence-electron chi connectivity index (χ3n) is 1.43. The molecule has 1 aromatic rings. The molecule has 0 fully saturated rings. The van der Waals surface area contributed by atoms with Crippen molar-refractivity contribution in [1.82, 2.24) is 4.83 Å². The van der Waals surface area contributed by atoms with Gasteiger partial charge in [0.25, 0.3) is 0 Å². The van der Waals surface area contributed by atoms with Gasteiger partial charge in [0.15, 0.2) is 0 Å². The molecule has 0 bridgehead atoms. The first-order valence-corrected chi connectivity index (χ1v) is 5.66. The molecule has 0 aliphatic carbocycles. The molecule has 72 valence electrons. The summed E-state index contributed by atoms with van der Waals surface area (Å²) in [6, 6.07) is 7.39. The molecule has 0 saturated heterocycles. The van der Waals surface area contributed by atoms with E-state index in [1.54, 1.807) is 12.1 Å². The lowest BCUT2D eigenvalue weighted by molar-refractivity contribution is 0.594. The van der Waals surface area contributed by atoms with Crippen molar-refractivity contribution >= 4 is 15.7 Å². The number of aryl methyl sites for hydroxylation is 1. The highest BCUT2D eigenvalue weighted by Gasteiger charge is 1.98. The number of rotatable bonds is 3. The van der Waals surface area contributed by atoms with Crippen LogP contribution in [-0.4, -0.2) is 14.7 Å². The molecule has 0 aliphatic heterocycles. The van der Waals surface area contributed by atoms with Gasteiger partial charge in [-0.2, -0.15) is 0 Å². The molecule has 13 heavy (non-hydrogen) atoms. The van der Waals surface area contributed by atoms with Crippen LogP contribution in [0.3, 0.4) is 0 Å². The fraction of sp³-hybridized carbons (Fsp3) is 0.250. The smallest absolute Gasteiger partial charge is 0.225 e. The number of benzene rings is 1. The van der Waals surface area contributed by atoms with E-state index in [9.17, 15) is 8.42 Å². The summed E-state index contributed by atoms with van der Waals surface area (Å²) in [7, 11) is -3.19. The lowest BCUT2D eigenvalue weighted by Crippen LogP contribution is -2.27. The van der Waals surface area contributed by atoms with Gasteiger partial charge in [-0.25, -0.2) is 8.42 Å². The summed E-state index contributed by atoms with van der Waals surface area (Å²) < 4.78 is 21.4. The van der Waals surface area contributed by atoms with Crippen molar-refractivity contribution in [2.24, 2.45) is 0 Å². The second-order valence-electron chi connectivity index (χ2n) is 2.87. The highest BCUT2D eigenvalue weighted by atomic mass is 32.2. The van der Waals surface area contributed by atoms with E-state index in [4.69, 9.17) is 0 Å². The molecule has 0 saturated carbocycles. The maximum atomic E-state index is 10.7. The fourth-order valence-electron chi connectivity index (χ4n) is 0.789. The Balaban J connectivity index is 2.61. The Morgan fingerprint density at radius 1 is 1.15 bits per heavy atom. The molecule has 0 heterocycles. The summed E-state index contributed by atoms with van der Waals surface area (Å²) in [5, 5.41) is 0.